The van der Waals surface area contributed by atoms with Crippen LogP contribution in [0.5, 0.6) is 0 Å². The van der Waals surface area contributed by atoms with Crippen molar-refractivity contribution in [3.05, 3.63) is 94.3 Å². The smallest absolute Gasteiger partial charge is 0.255 e. The Balaban J connectivity index is 1.34. The number of carbonyl (C=O) groups excluding carboxylic acids is 1. The van der Waals surface area contributed by atoms with Crippen LogP contribution in [0.4, 0.5) is 15.8 Å². The van der Waals surface area contributed by atoms with Crippen LogP contribution in [-0.2, 0) is 0 Å². The zero-order valence-electron chi connectivity index (χ0n) is 17.5. The van der Waals surface area contributed by atoms with Gasteiger partial charge in [-0.25, -0.2) is 4.39 Å². The molecule has 5 atom stereocenters. The first-order valence-corrected chi connectivity index (χ1v) is 11.7. The standard InChI is InChI=1S/C27H24ClFN2O/c28-21-14-19(9-10-22(21)29)30-27(32)18-8-11-23-20(13-18)24-16-6-7-17(12-16)25(24)26(31-23)15-4-2-1-3-5-15/h1-5,8-11,13-14,16-17,24-26,31H,6-7,12H2,(H,30,32)/t16-,17+,24-,25-,26+/m1/s1. The van der Waals surface area contributed by atoms with Crippen molar-refractivity contribution in [3.63, 3.8) is 0 Å². The molecule has 1 aliphatic heterocycles. The van der Waals surface area contributed by atoms with E-state index in [2.05, 4.69) is 47.0 Å². The molecule has 162 valence electrons. The molecule has 2 aliphatic carbocycles. The molecule has 6 rings (SSSR count). The van der Waals surface area contributed by atoms with Crippen molar-refractivity contribution in [2.75, 3.05) is 10.6 Å². The topological polar surface area (TPSA) is 41.1 Å². The number of amides is 1. The van der Waals surface area contributed by atoms with Gasteiger partial charge in [0.05, 0.1) is 11.1 Å². The van der Waals surface area contributed by atoms with Crippen LogP contribution < -0.4 is 10.6 Å². The van der Waals surface area contributed by atoms with Crippen LogP contribution in [0.1, 0.15) is 52.7 Å². The van der Waals surface area contributed by atoms with E-state index < -0.39 is 5.82 Å². The van der Waals surface area contributed by atoms with E-state index in [-0.39, 0.29) is 10.9 Å². The van der Waals surface area contributed by atoms with E-state index in [1.54, 1.807) is 0 Å². The van der Waals surface area contributed by atoms with Gasteiger partial charge in [0.15, 0.2) is 0 Å². The van der Waals surface area contributed by atoms with Crippen LogP contribution >= 0.6 is 11.6 Å². The second-order valence-corrected chi connectivity index (χ2v) is 9.76. The van der Waals surface area contributed by atoms with Gasteiger partial charge in [0.1, 0.15) is 5.82 Å². The molecule has 1 amide bonds. The minimum atomic E-state index is -0.500. The van der Waals surface area contributed by atoms with Gasteiger partial charge in [-0.3, -0.25) is 4.79 Å². The zero-order valence-corrected chi connectivity index (χ0v) is 18.3. The number of halogens is 2. The van der Waals surface area contributed by atoms with Gasteiger partial charge in [0, 0.05) is 16.9 Å². The maximum absolute atomic E-state index is 13.4. The number of hydrogen-bond donors (Lipinski definition) is 2. The van der Waals surface area contributed by atoms with Crippen molar-refractivity contribution in [2.45, 2.75) is 31.2 Å². The molecule has 1 heterocycles. The van der Waals surface area contributed by atoms with E-state index in [1.165, 1.54) is 48.6 Å². The molecular weight excluding hydrogens is 423 g/mol. The average Bonchev–Trinajstić information content (AvgIpc) is 3.44. The average molecular weight is 447 g/mol. The van der Waals surface area contributed by atoms with Crippen LogP contribution in [0, 0.1) is 23.6 Å². The number of hydrogen-bond acceptors (Lipinski definition) is 2. The summed E-state index contributed by atoms with van der Waals surface area (Å²) in [5.74, 6) is 1.74. The van der Waals surface area contributed by atoms with Crippen LogP contribution in [0.3, 0.4) is 0 Å². The Kier molecular flexibility index (Phi) is 4.72. The summed E-state index contributed by atoms with van der Waals surface area (Å²) < 4.78 is 13.4. The summed E-state index contributed by atoms with van der Waals surface area (Å²) in [7, 11) is 0. The van der Waals surface area contributed by atoms with Crippen molar-refractivity contribution < 1.29 is 9.18 Å². The fraction of sp³-hybridized carbons (Fsp3) is 0.296. The lowest BCUT2D eigenvalue weighted by atomic mass is 9.68. The molecule has 3 aromatic rings. The maximum atomic E-state index is 13.4. The van der Waals surface area contributed by atoms with Crippen LogP contribution in [0.2, 0.25) is 5.02 Å². The zero-order chi connectivity index (χ0) is 21.8. The van der Waals surface area contributed by atoms with Gasteiger partial charge in [-0.05, 0) is 90.5 Å². The molecule has 32 heavy (non-hydrogen) atoms. The number of fused-ring (bicyclic) bond motifs is 7. The minimum absolute atomic E-state index is 0.00535. The number of rotatable bonds is 3. The molecule has 2 N–H and O–H groups in total. The molecule has 0 spiro atoms. The lowest BCUT2D eigenvalue weighted by Gasteiger charge is -2.43. The predicted octanol–water partition coefficient (Wildman–Crippen LogP) is 7.03. The van der Waals surface area contributed by atoms with Gasteiger partial charge in [0.25, 0.3) is 5.91 Å². The minimum Gasteiger partial charge on any atom is -0.378 e. The van der Waals surface area contributed by atoms with Crippen LogP contribution in [0.15, 0.2) is 66.7 Å². The fourth-order valence-corrected chi connectivity index (χ4v) is 6.58. The second-order valence-electron chi connectivity index (χ2n) is 9.35. The highest BCUT2D eigenvalue weighted by Crippen LogP contribution is 2.63. The van der Waals surface area contributed by atoms with E-state index in [0.29, 0.717) is 35.0 Å². The van der Waals surface area contributed by atoms with Gasteiger partial charge in [-0.1, -0.05) is 41.9 Å². The van der Waals surface area contributed by atoms with Crippen molar-refractivity contribution in [3.8, 4) is 0 Å². The van der Waals surface area contributed by atoms with E-state index >= 15 is 0 Å². The molecule has 0 radical (unpaired) electrons. The van der Waals surface area contributed by atoms with Gasteiger partial charge in [-0.2, -0.15) is 0 Å². The summed E-state index contributed by atoms with van der Waals surface area (Å²) >= 11 is 5.86. The Hall–Kier alpha value is -2.85. The molecule has 2 bridgehead atoms. The normalized spacial score (nSPS) is 27.4. The Bertz CT molecular complexity index is 1200. The maximum Gasteiger partial charge on any atom is 0.255 e. The number of benzene rings is 3. The SMILES string of the molecule is O=C(Nc1ccc(F)c(Cl)c1)c1ccc2c(c1)[C@H]1[C@@H]3CC[C@@H](C3)[C@H]1[C@H](c1ccccc1)N2. The van der Waals surface area contributed by atoms with E-state index in [4.69, 9.17) is 11.6 Å². The van der Waals surface area contributed by atoms with Crippen molar-refractivity contribution >= 4 is 28.9 Å². The van der Waals surface area contributed by atoms with E-state index in [9.17, 15) is 9.18 Å². The first-order valence-electron chi connectivity index (χ1n) is 11.3. The Morgan fingerprint density at radius 2 is 1.81 bits per heavy atom. The van der Waals surface area contributed by atoms with Crippen molar-refractivity contribution in [2.24, 2.45) is 17.8 Å². The molecule has 3 aliphatic rings. The molecule has 2 saturated carbocycles. The largest absolute Gasteiger partial charge is 0.378 e. The molecular formula is C27H24ClFN2O. The third-order valence-electron chi connectivity index (χ3n) is 7.69. The van der Waals surface area contributed by atoms with E-state index in [0.717, 1.165) is 11.6 Å². The molecule has 3 aromatic carbocycles. The highest BCUT2D eigenvalue weighted by atomic mass is 35.5. The van der Waals surface area contributed by atoms with Gasteiger partial charge < -0.3 is 10.6 Å². The lowest BCUT2D eigenvalue weighted by Crippen LogP contribution is -2.35. The van der Waals surface area contributed by atoms with Crippen LogP contribution in [-0.4, -0.2) is 5.91 Å². The third kappa shape index (κ3) is 3.20. The van der Waals surface area contributed by atoms with E-state index in [1.807, 2.05) is 12.1 Å². The first kappa shape index (κ1) is 19.8. The Morgan fingerprint density at radius 1 is 1.00 bits per heavy atom. The highest BCUT2D eigenvalue weighted by Gasteiger charge is 2.53. The summed E-state index contributed by atoms with van der Waals surface area (Å²) in [5, 5.41) is 6.65. The Morgan fingerprint density at radius 3 is 2.62 bits per heavy atom. The van der Waals surface area contributed by atoms with Crippen molar-refractivity contribution in [1.29, 1.82) is 0 Å². The molecule has 5 heteroatoms. The summed E-state index contributed by atoms with van der Waals surface area (Å²) in [5.41, 5.74) is 4.84. The highest BCUT2D eigenvalue weighted by molar-refractivity contribution is 6.31. The monoisotopic (exact) mass is 446 g/mol. The summed E-state index contributed by atoms with van der Waals surface area (Å²) in [6.45, 7) is 0. The first-order chi connectivity index (χ1) is 15.6. The van der Waals surface area contributed by atoms with Crippen molar-refractivity contribution in [1.82, 2.24) is 0 Å². The second kappa shape index (κ2) is 7.63. The number of carbonyl (C=O) groups is 1. The number of anilines is 2. The quantitative estimate of drug-likeness (QED) is 0.453. The molecule has 2 fully saturated rings. The summed E-state index contributed by atoms with van der Waals surface area (Å²) in [6.07, 6.45) is 3.86. The Labute approximate surface area is 192 Å². The molecule has 0 saturated heterocycles. The summed E-state index contributed by atoms with van der Waals surface area (Å²) in [4.78, 5) is 13.0. The summed E-state index contributed by atoms with van der Waals surface area (Å²) in [6, 6.07) is 21.2. The van der Waals surface area contributed by atoms with Gasteiger partial charge >= 0.3 is 0 Å². The molecule has 3 nitrogen and oxygen atoms in total. The van der Waals surface area contributed by atoms with Gasteiger partial charge in [0.2, 0.25) is 0 Å². The molecule has 0 unspecified atom stereocenters. The van der Waals surface area contributed by atoms with Crippen LogP contribution in [0.25, 0.3) is 0 Å². The van der Waals surface area contributed by atoms with Gasteiger partial charge in [-0.15, -0.1) is 0 Å². The lowest BCUT2D eigenvalue weighted by molar-refractivity contribution is 0.102. The molecule has 0 aromatic heterocycles. The predicted molar refractivity (Wildman–Crippen MR) is 126 cm³/mol. The fourth-order valence-electron chi connectivity index (χ4n) is 6.39. The third-order valence-corrected chi connectivity index (χ3v) is 7.98. The number of nitrogens with one attached hydrogen (secondary N) is 2.